The SMILES string of the molecule is O=C(CCc1nc(-c2ccc(Cl)cc2)no1)N1CCN(S(=O)(=O)/C=C/c2ccccc2)CC1. The summed E-state index contributed by atoms with van der Waals surface area (Å²) < 4.78 is 31.8. The van der Waals surface area contributed by atoms with E-state index >= 15 is 0 Å². The molecular formula is C23H23ClN4O4S. The van der Waals surface area contributed by atoms with E-state index in [0.29, 0.717) is 36.2 Å². The normalized spacial score (nSPS) is 15.2. The number of aryl methyl sites for hydroxylation is 1. The molecule has 2 aromatic carbocycles. The van der Waals surface area contributed by atoms with Crippen LogP contribution in [0.5, 0.6) is 0 Å². The first-order chi connectivity index (χ1) is 15.9. The molecule has 172 valence electrons. The van der Waals surface area contributed by atoms with Gasteiger partial charge in [-0.1, -0.05) is 47.1 Å². The van der Waals surface area contributed by atoms with Crippen molar-refractivity contribution < 1.29 is 17.7 Å². The maximum Gasteiger partial charge on any atom is 0.236 e. The van der Waals surface area contributed by atoms with Gasteiger partial charge in [-0.05, 0) is 35.9 Å². The number of rotatable bonds is 7. The van der Waals surface area contributed by atoms with Gasteiger partial charge >= 0.3 is 0 Å². The Bertz CT molecular complexity index is 1220. The number of amides is 1. The third-order valence-corrected chi connectivity index (χ3v) is 7.12. The van der Waals surface area contributed by atoms with Gasteiger partial charge in [0.15, 0.2) is 0 Å². The Balaban J connectivity index is 1.26. The number of benzene rings is 2. The van der Waals surface area contributed by atoms with Crippen molar-refractivity contribution in [2.75, 3.05) is 26.2 Å². The van der Waals surface area contributed by atoms with Gasteiger partial charge in [0.05, 0.1) is 0 Å². The Hall–Kier alpha value is -3.01. The van der Waals surface area contributed by atoms with Crippen molar-refractivity contribution in [2.45, 2.75) is 12.8 Å². The minimum absolute atomic E-state index is 0.0712. The summed E-state index contributed by atoms with van der Waals surface area (Å²) in [6, 6.07) is 16.3. The highest BCUT2D eigenvalue weighted by atomic mass is 35.5. The Morgan fingerprint density at radius 1 is 1.03 bits per heavy atom. The fourth-order valence-electron chi connectivity index (χ4n) is 3.45. The summed E-state index contributed by atoms with van der Waals surface area (Å²) in [6.45, 7) is 1.21. The average Bonchev–Trinajstić information content (AvgIpc) is 3.31. The lowest BCUT2D eigenvalue weighted by molar-refractivity contribution is -0.132. The van der Waals surface area contributed by atoms with E-state index in [1.165, 1.54) is 9.71 Å². The maximum absolute atomic E-state index is 12.6. The van der Waals surface area contributed by atoms with E-state index in [4.69, 9.17) is 16.1 Å². The fraction of sp³-hybridized carbons (Fsp3) is 0.261. The summed E-state index contributed by atoms with van der Waals surface area (Å²) >= 11 is 5.89. The van der Waals surface area contributed by atoms with Crippen LogP contribution in [0.2, 0.25) is 5.02 Å². The van der Waals surface area contributed by atoms with Crippen LogP contribution >= 0.6 is 11.6 Å². The van der Waals surface area contributed by atoms with Crippen LogP contribution in [0.3, 0.4) is 0 Å². The van der Waals surface area contributed by atoms with Crippen molar-refractivity contribution in [3.05, 3.63) is 76.5 Å². The van der Waals surface area contributed by atoms with Crippen LogP contribution in [0.4, 0.5) is 0 Å². The Kier molecular flexibility index (Phi) is 7.22. The van der Waals surface area contributed by atoms with Crippen LogP contribution in [0.15, 0.2) is 64.5 Å². The molecule has 1 aromatic heterocycles. The highest BCUT2D eigenvalue weighted by Gasteiger charge is 2.27. The number of sulfonamides is 1. The predicted octanol–water partition coefficient (Wildman–Crippen LogP) is 3.47. The zero-order chi connectivity index (χ0) is 23.3. The van der Waals surface area contributed by atoms with Crippen LogP contribution < -0.4 is 0 Å². The molecule has 0 saturated carbocycles. The van der Waals surface area contributed by atoms with E-state index in [9.17, 15) is 13.2 Å². The third kappa shape index (κ3) is 6.07. The Labute approximate surface area is 197 Å². The molecule has 0 unspecified atom stereocenters. The molecule has 1 aliphatic rings. The van der Waals surface area contributed by atoms with Gasteiger partial charge in [0.25, 0.3) is 0 Å². The number of aromatic nitrogens is 2. The van der Waals surface area contributed by atoms with Crippen molar-refractivity contribution >= 4 is 33.6 Å². The molecular weight excluding hydrogens is 464 g/mol. The second-order valence-corrected chi connectivity index (χ2v) is 9.81. The van der Waals surface area contributed by atoms with Gasteiger partial charge in [-0.3, -0.25) is 4.79 Å². The van der Waals surface area contributed by atoms with E-state index in [-0.39, 0.29) is 25.4 Å². The van der Waals surface area contributed by atoms with Gasteiger partial charge in [-0.2, -0.15) is 9.29 Å². The highest BCUT2D eigenvalue weighted by molar-refractivity contribution is 7.92. The summed E-state index contributed by atoms with van der Waals surface area (Å²) in [5.41, 5.74) is 1.59. The lowest BCUT2D eigenvalue weighted by Crippen LogP contribution is -2.50. The van der Waals surface area contributed by atoms with Crippen molar-refractivity contribution in [1.29, 1.82) is 0 Å². The van der Waals surface area contributed by atoms with Crippen LogP contribution in [0.25, 0.3) is 17.5 Å². The van der Waals surface area contributed by atoms with Crippen LogP contribution in [0.1, 0.15) is 17.9 Å². The topological polar surface area (TPSA) is 96.6 Å². The molecule has 0 atom stereocenters. The van der Waals surface area contributed by atoms with Gasteiger partial charge in [0, 0.05) is 55.0 Å². The lowest BCUT2D eigenvalue weighted by atomic mass is 10.2. The first-order valence-corrected chi connectivity index (χ1v) is 12.4. The molecule has 1 saturated heterocycles. The van der Waals surface area contributed by atoms with Gasteiger partial charge in [0.2, 0.25) is 27.6 Å². The Morgan fingerprint density at radius 2 is 1.73 bits per heavy atom. The van der Waals surface area contributed by atoms with E-state index in [1.54, 1.807) is 35.2 Å². The zero-order valence-electron chi connectivity index (χ0n) is 17.8. The zero-order valence-corrected chi connectivity index (χ0v) is 19.4. The molecule has 0 N–H and O–H groups in total. The quantitative estimate of drug-likeness (QED) is 0.507. The number of carbonyl (C=O) groups excluding carboxylic acids is 1. The van der Waals surface area contributed by atoms with Crippen molar-refractivity contribution in [1.82, 2.24) is 19.3 Å². The van der Waals surface area contributed by atoms with Gasteiger partial charge in [0.1, 0.15) is 0 Å². The molecule has 0 bridgehead atoms. The summed E-state index contributed by atoms with van der Waals surface area (Å²) in [5.74, 6) is 0.746. The van der Waals surface area contributed by atoms with Crippen LogP contribution in [-0.4, -0.2) is 59.8 Å². The lowest BCUT2D eigenvalue weighted by Gasteiger charge is -2.33. The van der Waals surface area contributed by atoms with Crippen LogP contribution in [0, 0.1) is 0 Å². The average molecular weight is 487 g/mol. The largest absolute Gasteiger partial charge is 0.340 e. The molecule has 0 radical (unpaired) electrons. The number of carbonyl (C=O) groups is 1. The monoisotopic (exact) mass is 486 g/mol. The van der Waals surface area contributed by atoms with E-state index in [2.05, 4.69) is 10.1 Å². The summed E-state index contributed by atoms with van der Waals surface area (Å²) in [7, 11) is -3.54. The van der Waals surface area contributed by atoms with Crippen molar-refractivity contribution in [3.63, 3.8) is 0 Å². The van der Waals surface area contributed by atoms with E-state index in [1.807, 2.05) is 30.3 Å². The number of nitrogens with zero attached hydrogens (tertiary/aromatic N) is 4. The number of hydrogen-bond donors (Lipinski definition) is 0. The molecule has 4 rings (SSSR count). The summed E-state index contributed by atoms with van der Waals surface area (Å²) in [6.07, 6.45) is 2.11. The molecule has 8 nitrogen and oxygen atoms in total. The standard InChI is InChI=1S/C23H23ClN4O4S/c24-20-8-6-19(7-9-20)23-25-21(32-26-23)10-11-22(29)27-13-15-28(16-14-27)33(30,31)17-12-18-4-2-1-3-5-18/h1-9,12,17H,10-11,13-16H2/b17-12+. The minimum Gasteiger partial charge on any atom is -0.340 e. The predicted molar refractivity (Wildman–Crippen MR) is 126 cm³/mol. The van der Waals surface area contributed by atoms with Crippen molar-refractivity contribution in [3.8, 4) is 11.4 Å². The fourth-order valence-corrected chi connectivity index (χ4v) is 4.75. The number of hydrogen-bond acceptors (Lipinski definition) is 6. The maximum atomic E-state index is 12.6. The Morgan fingerprint density at radius 3 is 2.42 bits per heavy atom. The molecule has 1 fully saturated rings. The van der Waals surface area contributed by atoms with Crippen molar-refractivity contribution in [2.24, 2.45) is 0 Å². The molecule has 1 amide bonds. The first-order valence-electron chi connectivity index (χ1n) is 10.5. The van der Waals surface area contributed by atoms with E-state index in [0.717, 1.165) is 11.1 Å². The highest BCUT2D eigenvalue weighted by Crippen LogP contribution is 2.19. The smallest absolute Gasteiger partial charge is 0.236 e. The molecule has 0 spiro atoms. The van der Waals surface area contributed by atoms with Gasteiger partial charge < -0.3 is 9.42 Å². The summed E-state index contributed by atoms with van der Waals surface area (Å²) in [4.78, 5) is 18.6. The molecule has 2 heterocycles. The minimum atomic E-state index is -3.54. The second kappa shape index (κ2) is 10.3. The van der Waals surface area contributed by atoms with E-state index < -0.39 is 10.0 Å². The second-order valence-electron chi connectivity index (χ2n) is 7.56. The molecule has 0 aliphatic carbocycles. The number of piperazine rings is 1. The summed E-state index contributed by atoms with van der Waals surface area (Å²) in [5, 5.41) is 5.78. The number of halogens is 1. The van der Waals surface area contributed by atoms with Gasteiger partial charge in [-0.25, -0.2) is 8.42 Å². The molecule has 1 aliphatic heterocycles. The molecule has 33 heavy (non-hydrogen) atoms. The van der Waals surface area contributed by atoms with Crippen LogP contribution in [-0.2, 0) is 21.2 Å². The van der Waals surface area contributed by atoms with Gasteiger partial charge in [-0.15, -0.1) is 0 Å². The molecule has 3 aromatic rings. The third-order valence-electron chi connectivity index (χ3n) is 5.31. The first kappa shape index (κ1) is 23.2. The molecule has 10 heteroatoms.